The highest BCUT2D eigenvalue weighted by molar-refractivity contribution is 5.87. The van der Waals surface area contributed by atoms with E-state index >= 15 is 0 Å². The summed E-state index contributed by atoms with van der Waals surface area (Å²) in [6.45, 7) is 0. The number of carbonyl (C=O) groups is 1. The molecule has 1 aliphatic rings. The number of H-pyrrole nitrogens is 1. The van der Waals surface area contributed by atoms with Crippen LogP contribution in [0.15, 0.2) is 36.9 Å². The van der Waals surface area contributed by atoms with Crippen LogP contribution in [0.3, 0.4) is 0 Å². The van der Waals surface area contributed by atoms with Gasteiger partial charge in [0.1, 0.15) is 18.8 Å². The third kappa shape index (κ3) is 3.28. The van der Waals surface area contributed by atoms with Gasteiger partial charge >= 0.3 is 5.97 Å². The smallest absolute Gasteiger partial charge is 0.359 e. The second kappa shape index (κ2) is 6.95. The van der Waals surface area contributed by atoms with Crippen LogP contribution in [0.1, 0.15) is 47.7 Å². The van der Waals surface area contributed by atoms with Crippen LogP contribution in [0.5, 0.6) is 5.88 Å². The zero-order valence-corrected chi connectivity index (χ0v) is 13.9. The maximum absolute atomic E-state index is 11.1. The van der Waals surface area contributed by atoms with Gasteiger partial charge in [-0.25, -0.2) is 9.89 Å². The summed E-state index contributed by atoms with van der Waals surface area (Å²) in [6.07, 6.45) is 6.98. The summed E-state index contributed by atoms with van der Waals surface area (Å²) < 4.78 is 7.60. The number of hydrogen-bond acceptors (Lipinski definition) is 6. The molecule has 1 saturated carbocycles. The van der Waals surface area contributed by atoms with E-state index in [9.17, 15) is 4.79 Å². The van der Waals surface area contributed by atoms with Crippen LogP contribution < -0.4 is 4.74 Å². The average molecular weight is 354 g/mol. The molecule has 2 aromatic heterocycles. The van der Waals surface area contributed by atoms with Crippen LogP contribution in [-0.4, -0.2) is 47.4 Å². The van der Waals surface area contributed by atoms with Crippen molar-refractivity contribution in [2.24, 2.45) is 0 Å². The molecule has 0 bridgehead atoms. The Labute approximate surface area is 149 Å². The first kappa shape index (κ1) is 16.2. The van der Waals surface area contributed by atoms with Crippen LogP contribution in [0.2, 0.25) is 0 Å². The SMILES string of the molecule is O=C(O)c1[nH]nnc1OC1CCC(c2ccc(-n3cnnc3)cc2)CC1. The summed E-state index contributed by atoms with van der Waals surface area (Å²) in [7, 11) is 0. The molecule has 3 aromatic rings. The van der Waals surface area contributed by atoms with Gasteiger partial charge in [-0.3, -0.25) is 4.57 Å². The van der Waals surface area contributed by atoms with Crippen molar-refractivity contribution in [2.75, 3.05) is 0 Å². The number of aromatic amines is 1. The van der Waals surface area contributed by atoms with Crippen molar-refractivity contribution in [3.8, 4) is 11.6 Å². The molecule has 0 unspecified atom stereocenters. The van der Waals surface area contributed by atoms with E-state index in [0.717, 1.165) is 31.4 Å². The quantitative estimate of drug-likeness (QED) is 0.721. The second-order valence-corrected chi connectivity index (χ2v) is 6.35. The predicted molar refractivity (Wildman–Crippen MR) is 90.3 cm³/mol. The van der Waals surface area contributed by atoms with Crippen molar-refractivity contribution in [3.63, 3.8) is 0 Å². The van der Waals surface area contributed by atoms with Crippen LogP contribution in [0.4, 0.5) is 0 Å². The lowest BCUT2D eigenvalue weighted by atomic mass is 9.82. The lowest BCUT2D eigenvalue weighted by molar-refractivity contribution is 0.0678. The van der Waals surface area contributed by atoms with Gasteiger partial charge in [-0.15, -0.1) is 10.2 Å². The summed E-state index contributed by atoms with van der Waals surface area (Å²) in [4.78, 5) is 11.1. The van der Waals surface area contributed by atoms with Crippen LogP contribution in [-0.2, 0) is 0 Å². The van der Waals surface area contributed by atoms with Gasteiger partial charge in [0.25, 0.3) is 5.88 Å². The third-order valence-electron chi connectivity index (χ3n) is 4.76. The molecular weight excluding hydrogens is 336 g/mol. The topological polar surface area (TPSA) is 119 Å². The fourth-order valence-corrected chi connectivity index (χ4v) is 3.36. The number of carboxylic acids is 1. The first-order valence-electron chi connectivity index (χ1n) is 8.46. The van der Waals surface area contributed by atoms with Gasteiger partial charge in [-0.2, -0.15) is 0 Å². The van der Waals surface area contributed by atoms with E-state index < -0.39 is 5.97 Å². The molecule has 2 N–H and O–H groups in total. The molecule has 0 amide bonds. The Bertz CT molecular complexity index is 866. The van der Waals surface area contributed by atoms with Crippen molar-refractivity contribution >= 4 is 5.97 Å². The summed E-state index contributed by atoms with van der Waals surface area (Å²) in [5.41, 5.74) is 2.23. The molecule has 0 spiro atoms. The van der Waals surface area contributed by atoms with Gasteiger partial charge in [0, 0.05) is 5.69 Å². The Morgan fingerprint density at radius 1 is 1.12 bits per heavy atom. The van der Waals surface area contributed by atoms with Crippen LogP contribution in [0.25, 0.3) is 5.69 Å². The summed E-state index contributed by atoms with van der Waals surface area (Å²) >= 11 is 0. The predicted octanol–water partition coefficient (Wildman–Crippen LogP) is 2.19. The Morgan fingerprint density at radius 3 is 2.46 bits per heavy atom. The lowest BCUT2D eigenvalue weighted by Gasteiger charge is -2.28. The number of hydrogen-bond donors (Lipinski definition) is 2. The minimum Gasteiger partial charge on any atom is -0.476 e. The number of rotatable bonds is 5. The fourth-order valence-electron chi connectivity index (χ4n) is 3.36. The van der Waals surface area contributed by atoms with Crippen molar-refractivity contribution in [1.29, 1.82) is 0 Å². The highest BCUT2D eigenvalue weighted by Gasteiger charge is 2.26. The van der Waals surface area contributed by atoms with E-state index in [0.29, 0.717) is 5.92 Å². The molecule has 9 heteroatoms. The van der Waals surface area contributed by atoms with Crippen LogP contribution >= 0.6 is 0 Å². The zero-order valence-electron chi connectivity index (χ0n) is 13.9. The van der Waals surface area contributed by atoms with Gasteiger partial charge in [0.15, 0.2) is 0 Å². The monoisotopic (exact) mass is 354 g/mol. The molecular formula is C17H18N6O3. The minimum absolute atomic E-state index is 0.0363. The maximum atomic E-state index is 11.1. The van der Waals surface area contributed by atoms with E-state index in [1.807, 2.05) is 4.57 Å². The highest BCUT2D eigenvalue weighted by Crippen LogP contribution is 2.34. The molecule has 1 aliphatic carbocycles. The average Bonchev–Trinajstić information content (AvgIpc) is 3.34. The van der Waals surface area contributed by atoms with Crippen LogP contribution in [0, 0.1) is 0 Å². The number of benzene rings is 1. The second-order valence-electron chi connectivity index (χ2n) is 6.35. The van der Waals surface area contributed by atoms with Crippen molar-refractivity contribution in [1.82, 2.24) is 30.2 Å². The molecule has 2 heterocycles. The summed E-state index contributed by atoms with van der Waals surface area (Å²) in [5.74, 6) is -0.577. The molecule has 134 valence electrons. The lowest BCUT2D eigenvalue weighted by Crippen LogP contribution is -2.24. The molecule has 0 atom stereocenters. The fraction of sp³-hybridized carbons (Fsp3) is 0.353. The Morgan fingerprint density at radius 2 is 1.81 bits per heavy atom. The highest BCUT2D eigenvalue weighted by atomic mass is 16.5. The molecule has 1 aromatic carbocycles. The number of nitrogens with one attached hydrogen (secondary N) is 1. The van der Waals surface area contributed by atoms with Crippen molar-refractivity contribution in [3.05, 3.63) is 48.2 Å². The first-order valence-corrected chi connectivity index (χ1v) is 8.46. The molecule has 1 fully saturated rings. The number of ether oxygens (including phenoxy) is 1. The summed E-state index contributed by atoms with van der Waals surface area (Å²) in [6, 6.07) is 8.41. The Hall–Kier alpha value is -3.23. The van der Waals surface area contributed by atoms with Gasteiger partial charge < -0.3 is 9.84 Å². The Balaban J connectivity index is 1.36. The normalized spacial score (nSPS) is 20.0. The largest absolute Gasteiger partial charge is 0.476 e. The molecule has 0 aliphatic heterocycles. The number of aromatic carboxylic acids is 1. The molecule has 0 saturated heterocycles. The first-order chi connectivity index (χ1) is 12.7. The maximum Gasteiger partial charge on any atom is 0.359 e. The molecule has 26 heavy (non-hydrogen) atoms. The van der Waals surface area contributed by atoms with Gasteiger partial charge in [-0.05, 0) is 49.3 Å². The van der Waals surface area contributed by atoms with E-state index in [1.165, 1.54) is 5.56 Å². The number of carboxylic acid groups (broad SMARTS) is 1. The number of nitrogens with zero attached hydrogens (tertiary/aromatic N) is 5. The minimum atomic E-state index is -1.12. The van der Waals surface area contributed by atoms with Gasteiger partial charge in [-0.1, -0.05) is 22.4 Å². The van der Waals surface area contributed by atoms with Gasteiger partial charge in [0.05, 0.1) is 0 Å². The molecule has 4 rings (SSSR count). The molecule has 0 radical (unpaired) electrons. The van der Waals surface area contributed by atoms with Crippen molar-refractivity contribution in [2.45, 2.75) is 37.7 Å². The number of aromatic nitrogens is 6. The summed E-state index contributed by atoms with van der Waals surface area (Å²) in [5, 5.41) is 26.3. The zero-order chi connectivity index (χ0) is 17.9. The molecule has 9 nitrogen and oxygen atoms in total. The van der Waals surface area contributed by atoms with E-state index in [4.69, 9.17) is 9.84 Å². The standard InChI is InChI=1S/C17H18N6O3/c24-17(25)15-16(21-22-20-15)26-14-7-3-12(4-8-14)11-1-5-13(6-2-11)23-9-18-19-10-23/h1-2,5-6,9-10,12,14H,3-4,7-8H2,(H,24,25)(H,20,21,22). The van der Waals surface area contributed by atoms with Gasteiger partial charge in [0.2, 0.25) is 5.69 Å². The third-order valence-corrected chi connectivity index (χ3v) is 4.76. The van der Waals surface area contributed by atoms with E-state index in [-0.39, 0.29) is 17.7 Å². The van der Waals surface area contributed by atoms with Crippen molar-refractivity contribution < 1.29 is 14.6 Å². The van der Waals surface area contributed by atoms with E-state index in [2.05, 4.69) is 49.9 Å². The van der Waals surface area contributed by atoms with E-state index in [1.54, 1.807) is 12.7 Å². The Kier molecular flexibility index (Phi) is 4.34.